The van der Waals surface area contributed by atoms with E-state index >= 15 is 0 Å². The first-order valence-corrected chi connectivity index (χ1v) is 12.3. The van der Waals surface area contributed by atoms with Gasteiger partial charge in [0, 0.05) is 25.2 Å². The maximum atomic E-state index is 13.1. The Balaban J connectivity index is 1.47. The third-order valence-corrected chi connectivity index (χ3v) is 6.71. The molecular formula is C28H32N4O5. The molecule has 0 radical (unpaired) electrons. The number of carbonyl (C=O) groups is 3. The van der Waals surface area contributed by atoms with Crippen molar-refractivity contribution in [1.29, 1.82) is 0 Å². The topological polar surface area (TPSA) is 136 Å². The van der Waals surface area contributed by atoms with Crippen molar-refractivity contribution in [3.05, 3.63) is 77.6 Å². The summed E-state index contributed by atoms with van der Waals surface area (Å²) in [7, 11) is 0. The number of aliphatic hydroxyl groups is 1. The number of H-pyrrole nitrogens is 1. The summed E-state index contributed by atoms with van der Waals surface area (Å²) < 4.78 is 0. The van der Waals surface area contributed by atoms with Crippen molar-refractivity contribution in [3.63, 3.8) is 0 Å². The van der Waals surface area contributed by atoms with Crippen molar-refractivity contribution in [2.45, 2.75) is 45.3 Å². The summed E-state index contributed by atoms with van der Waals surface area (Å²) in [6.07, 6.45) is 0.603. The number of aliphatic hydroxyl groups excluding tert-OH is 1. The molecule has 3 aromatic rings. The Bertz CT molecular complexity index is 1250. The van der Waals surface area contributed by atoms with Gasteiger partial charge in [-0.1, -0.05) is 54.6 Å². The van der Waals surface area contributed by atoms with Gasteiger partial charge in [0.2, 0.25) is 0 Å². The van der Waals surface area contributed by atoms with Crippen molar-refractivity contribution in [2.75, 3.05) is 13.1 Å². The number of nitrogens with zero attached hydrogens (tertiary/aromatic N) is 2. The SMILES string of the molecule is CC(C)(CC(Cc1ccc(-c2ccccc2)cc1)NC(=O)c1cc(C(=O)N2CCC(O)C2)n[nH]1)C(=O)O. The van der Waals surface area contributed by atoms with Crippen LogP contribution in [0.15, 0.2) is 60.7 Å². The van der Waals surface area contributed by atoms with E-state index < -0.39 is 29.4 Å². The van der Waals surface area contributed by atoms with E-state index in [1.54, 1.807) is 13.8 Å². The van der Waals surface area contributed by atoms with Crippen LogP contribution >= 0.6 is 0 Å². The van der Waals surface area contributed by atoms with E-state index in [0.717, 1.165) is 16.7 Å². The number of carboxylic acid groups (broad SMARTS) is 1. The van der Waals surface area contributed by atoms with E-state index in [1.165, 1.54) is 11.0 Å². The van der Waals surface area contributed by atoms with E-state index in [9.17, 15) is 24.6 Å². The lowest BCUT2D eigenvalue weighted by Gasteiger charge is -2.27. The summed E-state index contributed by atoms with van der Waals surface area (Å²) in [4.78, 5) is 39.0. The first-order chi connectivity index (χ1) is 17.6. The molecule has 2 unspecified atom stereocenters. The number of likely N-dealkylation sites (tertiary alicyclic amines) is 1. The number of aromatic amines is 1. The standard InChI is InChI=1S/C28H32N4O5/c1-28(2,27(36)37)16-21(14-18-8-10-20(11-9-18)19-6-4-3-5-7-19)29-25(34)23-15-24(31-30-23)26(35)32-13-12-22(33)17-32/h3-11,15,21-22,33H,12-14,16-17H2,1-2H3,(H,29,34)(H,30,31)(H,36,37). The smallest absolute Gasteiger partial charge is 0.309 e. The van der Waals surface area contributed by atoms with Gasteiger partial charge in [-0.15, -0.1) is 0 Å². The van der Waals surface area contributed by atoms with Crippen LogP contribution in [0, 0.1) is 5.41 Å². The number of hydrogen-bond donors (Lipinski definition) is 4. The number of aliphatic carboxylic acids is 1. The molecule has 0 aliphatic carbocycles. The molecule has 2 atom stereocenters. The van der Waals surface area contributed by atoms with Crippen LogP contribution in [0.2, 0.25) is 0 Å². The van der Waals surface area contributed by atoms with Gasteiger partial charge in [0.15, 0.2) is 5.69 Å². The summed E-state index contributed by atoms with van der Waals surface area (Å²) >= 11 is 0. The molecule has 0 spiro atoms. The van der Waals surface area contributed by atoms with Crippen LogP contribution in [-0.2, 0) is 11.2 Å². The third-order valence-electron chi connectivity index (χ3n) is 6.71. The minimum absolute atomic E-state index is 0.0955. The summed E-state index contributed by atoms with van der Waals surface area (Å²) in [5, 5.41) is 28.9. The quantitative estimate of drug-likeness (QED) is 0.354. The van der Waals surface area contributed by atoms with E-state index in [-0.39, 0.29) is 30.3 Å². The number of carboxylic acids is 1. The van der Waals surface area contributed by atoms with Crippen molar-refractivity contribution in [1.82, 2.24) is 20.4 Å². The Morgan fingerprint density at radius 2 is 1.78 bits per heavy atom. The summed E-state index contributed by atoms with van der Waals surface area (Å²) in [6.45, 7) is 3.93. The average molecular weight is 505 g/mol. The monoisotopic (exact) mass is 504 g/mol. The van der Waals surface area contributed by atoms with Crippen LogP contribution in [0.25, 0.3) is 11.1 Å². The highest BCUT2D eigenvalue weighted by Crippen LogP contribution is 2.26. The second-order valence-corrected chi connectivity index (χ2v) is 10.2. The molecule has 1 saturated heterocycles. The zero-order chi connectivity index (χ0) is 26.6. The molecule has 9 nitrogen and oxygen atoms in total. The van der Waals surface area contributed by atoms with E-state index in [1.807, 2.05) is 54.6 Å². The molecule has 0 saturated carbocycles. The Labute approximate surface area is 215 Å². The van der Waals surface area contributed by atoms with Crippen molar-refractivity contribution in [2.24, 2.45) is 5.41 Å². The lowest BCUT2D eigenvalue weighted by Crippen LogP contribution is -2.41. The Kier molecular flexibility index (Phi) is 7.73. The van der Waals surface area contributed by atoms with E-state index in [4.69, 9.17) is 0 Å². The minimum atomic E-state index is -1.06. The lowest BCUT2D eigenvalue weighted by molar-refractivity contribution is -0.147. The second kappa shape index (κ2) is 11.0. The number of amides is 2. The van der Waals surface area contributed by atoms with Crippen LogP contribution in [0.4, 0.5) is 0 Å². The highest BCUT2D eigenvalue weighted by molar-refractivity contribution is 5.97. The number of rotatable bonds is 9. The molecule has 2 aromatic carbocycles. The highest BCUT2D eigenvalue weighted by Gasteiger charge is 2.32. The predicted molar refractivity (Wildman–Crippen MR) is 138 cm³/mol. The molecule has 9 heteroatoms. The van der Waals surface area contributed by atoms with Gasteiger partial charge >= 0.3 is 5.97 Å². The number of aromatic nitrogens is 2. The van der Waals surface area contributed by atoms with Crippen LogP contribution in [0.3, 0.4) is 0 Å². The first-order valence-electron chi connectivity index (χ1n) is 12.3. The van der Waals surface area contributed by atoms with Gasteiger partial charge in [0.05, 0.1) is 11.5 Å². The fourth-order valence-corrected chi connectivity index (χ4v) is 4.52. The molecule has 1 aliphatic rings. The number of nitrogens with one attached hydrogen (secondary N) is 2. The first kappa shape index (κ1) is 26.1. The van der Waals surface area contributed by atoms with Gasteiger partial charge in [-0.25, -0.2) is 0 Å². The zero-order valence-corrected chi connectivity index (χ0v) is 21.0. The summed E-state index contributed by atoms with van der Waals surface area (Å²) in [6, 6.07) is 18.9. The lowest BCUT2D eigenvalue weighted by atomic mass is 9.83. The van der Waals surface area contributed by atoms with Gasteiger partial charge in [0.25, 0.3) is 11.8 Å². The molecule has 194 valence electrons. The number of benzene rings is 2. The van der Waals surface area contributed by atoms with E-state index in [0.29, 0.717) is 19.4 Å². The van der Waals surface area contributed by atoms with E-state index in [2.05, 4.69) is 15.5 Å². The molecule has 4 rings (SSSR count). The third kappa shape index (κ3) is 6.42. The zero-order valence-electron chi connectivity index (χ0n) is 21.0. The predicted octanol–water partition coefficient (Wildman–Crippen LogP) is 3.13. The molecule has 0 bridgehead atoms. The van der Waals surface area contributed by atoms with Crippen molar-refractivity contribution in [3.8, 4) is 11.1 Å². The molecule has 1 aromatic heterocycles. The van der Waals surface area contributed by atoms with Crippen LogP contribution in [0.5, 0.6) is 0 Å². The van der Waals surface area contributed by atoms with Crippen molar-refractivity contribution < 1.29 is 24.6 Å². The number of β-amino-alcohol motifs (C(OH)–C–C–N with tert-alkyl or cyclic N) is 1. The number of carbonyl (C=O) groups excluding carboxylic acids is 2. The maximum Gasteiger partial charge on any atom is 0.309 e. The van der Waals surface area contributed by atoms with Crippen LogP contribution in [-0.4, -0.2) is 68.3 Å². The largest absolute Gasteiger partial charge is 0.481 e. The van der Waals surface area contributed by atoms with Gasteiger partial charge in [-0.05, 0) is 49.8 Å². The van der Waals surface area contributed by atoms with Crippen LogP contribution in [0.1, 0.15) is 53.2 Å². The molecular weight excluding hydrogens is 472 g/mol. The second-order valence-electron chi connectivity index (χ2n) is 10.2. The average Bonchev–Trinajstić information content (AvgIpc) is 3.54. The fraction of sp³-hybridized carbons (Fsp3) is 0.357. The normalized spacial score (nSPS) is 16.4. The summed E-state index contributed by atoms with van der Waals surface area (Å²) in [5.41, 5.74) is 2.26. The Hall–Kier alpha value is -3.98. The highest BCUT2D eigenvalue weighted by atomic mass is 16.4. The number of hydrogen-bond acceptors (Lipinski definition) is 5. The molecule has 2 amide bonds. The molecule has 2 heterocycles. The van der Waals surface area contributed by atoms with Gasteiger partial charge in [-0.3, -0.25) is 19.5 Å². The Morgan fingerprint density at radius 1 is 1.11 bits per heavy atom. The molecule has 37 heavy (non-hydrogen) atoms. The minimum Gasteiger partial charge on any atom is -0.481 e. The molecule has 1 fully saturated rings. The Morgan fingerprint density at radius 3 is 2.41 bits per heavy atom. The van der Waals surface area contributed by atoms with Gasteiger partial charge in [0.1, 0.15) is 5.69 Å². The molecule has 4 N–H and O–H groups in total. The van der Waals surface area contributed by atoms with Crippen LogP contribution < -0.4 is 5.32 Å². The van der Waals surface area contributed by atoms with Gasteiger partial charge in [-0.2, -0.15) is 5.10 Å². The maximum absolute atomic E-state index is 13.1. The van der Waals surface area contributed by atoms with Crippen molar-refractivity contribution >= 4 is 17.8 Å². The van der Waals surface area contributed by atoms with Gasteiger partial charge < -0.3 is 20.4 Å². The fourth-order valence-electron chi connectivity index (χ4n) is 4.52. The molecule has 1 aliphatic heterocycles. The summed E-state index contributed by atoms with van der Waals surface area (Å²) in [5.74, 6) is -1.78.